The second-order valence-corrected chi connectivity index (χ2v) is 7.21. The molecule has 0 saturated heterocycles. The summed E-state index contributed by atoms with van der Waals surface area (Å²) in [6, 6.07) is 5.40. The van der Waals surface area contributed by atoms with E-state index >= 15 is 0 Å². The van der Waals surface area contributed by atoms with Crippen molar-refractivity contribution in [1.82, 2.24) is 14.8 Å². The van der Waals surface area contributed by atoms with E-state index in [9.17, 15) is 4.79 Å². The van der Waals surface area contributed by atoms with Gasteiger partial charge in [0.1, 0.15) is 11.2 Å². The molecular formula is C15H14Cl2N4OS. The number of hydrogen-bond donors (Lipinski definition) is 1. The highest BCUT2D eigenvalue weighted by Gasteiger charge is 2.18. The van der Waals surface area contributed by atoms with E-state index in [1.807, 2.05) is 26.8 Å². The fourth-order valence-corrected chi connectivity index (χ4v) is 3.52. The molecule has 1 N–H and O–H groups in total. The molecule has 2 aromatic heterocycles. The van der Waals surface area contributed by atoms with E-state index in [4.69, 9.17) is 23.2 Å². The molecule has 2 heterocycles. The number of amides is 1. The first-order valence-electron chi connectivity index (χ1n) is 6.99. The topological polar surface area (TPSA) is 59.8 Å². The zero-order valence-corrected chi connectivity index (χ0v) is 15.1. The zero-order valence-electron chi connectivity index (χ0n) is 12.7. The van der Waals surface area contributed by atoms with Crippen molar-refractivity contribution in [3.8, 4) is 0 Å². The lowest BCUT2D eigenvalue weighted by atomic mass is 10.3. The Bertz CT molecular complexity index is 900. The van der Waals surface area contributed by atoms with E-state index in [0.29, 0.717) is 26.4 Å². The van der Waals surface area contributed by atoms with Crippen LogP contribution >= 0.6 is 34.5 Å². The highest BCUT2D eigenvalue weighted by atomic mass is 35.5. The average Bonchev–Trinajstić information content (AvgIpc) is 3.07. The number of anilines is 1. The first-order chi connectivity index (χ1) is 10.9. The maximum atomic E-state index is 12.5. The molecule has 1 aromatic carbocycles. The molecule has 1 amide bonds. The van der Waals surface area contributed by atoms with Gasteiger partial charge in [-0.15, -0.1) is 0 Å². The van der Waals surface area contributed by atoms with Gasteiger partial charge in [0.2, 0.25) is 0 Å². The van der Waals surface area contributed by atoms with Crippen LogP contribution in [0.2, 0.25) is 10.0 Å². The number of benzene rings is 1. The monoisotopic (exact) mass is 368 g/mol. The Morgan fingerprint density at radius 3 is 2.78 bits per heavy atom. The standard InChI is InChI=1S/C15H14Cl2N4OS/c1-7(2)21-10(6-8(3)20-21)14(22)19-15-18-13-11(23-15)5-4-9(16)12(13)17/h4-7H,1-3H3,(H,18,19,22). The molecule has 23 heavy (non-hydrogen) atoms. The van der Waals surface area contributed by atoms with Crippen LogP contribution in [0.25, 0.3) is 10.2 Å². The van der Waals surface area contributed by atoms with Gasteiger partial charge in [0.05, 0.1) is 20.4 Å². The molecule has 0 aliphatic carbocycles. The van der Waals surface area contributed by atoms with Gasteiger partial charge in [0.25, 0.3) is 5.91 Å². The number of carbonyl (C=O) groups excluding carboxylic acids is 1. The molecule has 0 bridgehead atoms. The van der Waals surface area contributed by atoms with E-state index in [1.165, 1.54) is 11.3 Å². The number of aryl methyl sites for hydroxylation is 1. The minimum atomic E-state index is -0.249. The van der Waals surface area contributed by atoms with E-state index in [-0.39, 0.29) is 11.9 Å². The van der Waals surface area contributed by atoms with Crippen LogP contribution in [0.5, 0.6) is 0 Å². The first-order valence-corrected chi connectivity index (χ1v) is 8.56. The number of nitrogens with zero attached hydrogens (tertiary/aromatic N) is 3. The molecule has 5 nitrogen and oxygen atoms in total. The smallest absolute Gasteiger partial charge is 0.275 e. The summed E-state index contributed by atoms with van der Waals surface area (Å²) in [5, 5.41) is 8.46. The molecule has 3 aromatic rings. The summed E-state index contributed by atoms with van der Waals surface area (Å²) in [7, 11) is 0. The molecule has 0 unspecified atom stereocenters. The van der Waals surface area contributed by atoms with Crippen LogP contribution in [0.1, 0.15) is 36.1 Å². The average molecular weight is 369 g/mol. The Labute approximate surface area is 147 Å². The molecule has 0 aliphatic heterocycles. The van der Waals surface area contributed by atoms with Crippen LogP contribution < -0.4 is 5.32 Å². The summed E-state index contributed by atoms with van der Waals surface area (Å²) >= 11 is 13.5. The fourth-order valence-electron chi connectivity index (χ4n) is 2.23. The Morgan fingerprint density at radius 1 is 1.35 bits per heavy atom. The SMILES string of the molecule is Cc1cc(C(=O)Nc2nc3c(Cl)c(Cl)ccc3s2)n(C(C)C)n1. The summed E-state index contributed by atoms with van der Waals surface area (Å²) in [5.74, 6) is -0.249. The molecule has 0 fully saturated rings. The zero-order chi connectivity index (χ0) is 16.7. The number of carbonyl (C=O) groups is 1. The molecule has 0 spiro atoms. The largest absolute Gasteiger partial charge is 0.296 e. The predicted octanol–water partition coefficient (Wildman–Crippen LogP) is 4.94. The predicted molar refractivity (Wildman–Crippen MR) is 94.9 cm³/mol. The molecule has 0 atom stereocenters. The molecule has 120 valence electrons. The van der Waals surface area contributed by atoms with E-state index in [2.05, 4.69) is 15.4 Å². The highest BCUT2D eigenvalue weighted by Crippen LogP contribution is 2.35. The molecule has 0 radical (unpaired) electrons. The van der Waals surface area contributed by atoms with Gasteiger partial charge < -0.3 is 0 Å². The van der Waals surface area contributed by atoms with Gasteiger partial charge in [-0.3, -0.25) is 14.8 Å². The van der Waals surface area contributed by atoms with Crippen molar-refractivity contribution >= 4 is 55.8 Å². The summed E-state index contributed by atoms with van der Waals surface area (Å²) in [6.07, 6.45) is 0. The third-order valence-corrected chi connectivity index (χ3v) is 4.98. The highest BCUT2D eigenvalue weighted by molar-refractivity contribution is 7.22. The minimum Gasteiger partial charge on any atom is -0.296 e. The van der Waals surface area contributed by atoms with E-state index in [0.717, 1.165) is 10.4 Å². The number of thiazole rings is 1. The van der Waals surface area contributed by atoms with Gasteiger partial charge in [-0.1, -0.05) is 34.5 Å². The van der Waals surface area contributed by atoms with Crippen molar-refractivity contribution in [2.24, 2.45) is 0 Å². The Kier molecular flexibility index (Phi) is 4.31. The maximum absolute atomic E-state index is 12.5. The van der Waals surface area contributed by atoms with E-state index < -0.39 is 0 Å². The van der Waals surface area contributed by atoms with Crippen LogP contribution in [-0.2, 0) is 0 Å². The number of aromatic nitrogens is 3. The van der Waals surface area contributed by atoms with Gasteiger partial charge in [0, 0.05) is 6.04 Å². The lowest BCUT2D eigenvalue weighted by molar-refractivity contribution is 0.101. The van der Waals surface area contributed by atoms with Crippen LogP contribution in [0.15, 0.2) is 18.2 Å². The molecule has 0 aliphatic rings. The maximum Gasteiger partial charge on any atom is 0.275 e. The summed E-state index contributed by atoms with van der Waals surface area (Å²) < 4.78 is 2.56. The van der Waals surface area contributed by atoms with Crippen molar-refractivity contribution < 1.29 is 4.79 Å². The van der Waals surface area contributed by atoms with Gasteiger partial charge in [0.15, 0.2) is 5.13 Å². The normalized spacial score (nSPS) is 11.4. The number of nitrogens with one attached hydrogen (secondary N) is 1. The van der Waals surface area contributed by atoms with Gasteiger partial charge in [-0.2, -0.15) is 5.10 Å². The van der Waals surface area contributed by atoms with Crippen LogP contribution in [0.4, 0.5) is 5.13 Å². The minimum absolute atomic E-state index is 0.0908. The van der Waals surface area contributed by atoms with Crippen molar-refractivity contribution in [1.29, 1.82) is 0 Å². The fraction of sp³-hybridized carbons (Fsp3) is 0.267. The first kappa shape index (κ1) is 16.2. The van der Waals surface area contributed by atoms with Crippen molar-refractivity contribution in [3.63, 3.8) is 0 Å². The van der Waals surface area contributed by atoms with Crippen molar-refractivity contribution in [2.75, 3.05) is 5.32 Å². The summed E-state index contributed by atoms with van der Waals surface area (Å²) in [4.78, 5) is 16.9. The van der Waals surface area contributed by atoms with Crippen LogP contribution in [-0.4, -0.2) is 20.7 Å². The third-order valence-electron chi connectivity index (χ3n) is 3.25. The van der Waals surface area contributed by atoms with Gasteiger partial charge >= 0.3 is 0 Å². The van der Waals surface area contributed by atoms with Crippen LogP contribution in [0.3, 0.4) is 0 Å². The summed E-state index contributed by atoms with van der Waals surface area (Å²) in [5.41, 5.74) is 1.89. The Balaban J connectivity index is 1.93. The van der Waals surface area contributed by atoms with Crippen LogP contribution in [0, 0.1) is 6.92 Å². The van der Waals surface area contributed by atoms with Gasteiger partial charge in [-0.05, 0) is 39.0 Å². The van der Waals surface area contributed by atoms with Crippen molar-refractivity contribution in [2.45, 2.75) is 26.8 Å². The van der Waals surface area contributed by atoms with Gasteiger partial charge in [-0.25, -0.2) is 4.98 Å². The Hall–Kier alpha value is -1.63. The lowest BCUT2D eigenvalue weighted by Crippen LogP contribution is -2.18. The second-order valence-electron chi connectivity index (χ2n) is 5.39. The lowest BCUT2D eigenvalue weighted by Gasteiger charge is -2.09. The number of halogens is 2. The molecule has 8 heteroatoms. The number of rotatable bonds is 3. The molecule has 0 saturated carbocycles. The molecule has 3 rings (SSSR count). The van der Waals surface area contributed by atoms with Crippen molar-refractivity contribution in [3.05, 3.63) is 39.6 Å². The third kappa shape index (κ3) is 3.06. The second kappa shape index (κ2) is 6.11. The Morgan fingerprint density at radius 2 is 2.09 bits per heavy atom. The number of fused-ring (bicyclic) bond motifs is 1. The van der Waals surface area contributed by atoms with E-state index in [1.54, 1.807) is 16.8 Å². The number of hydrogen-bond acceptors (Lipinski definition) is 4. The summed E-state index contributed by atoms with van der Waals surface area (Å²) in [6.45, 7) is 5.81. The molecular weight excluding hydrogens is 355 g/mol. The quantitative estimate of drug-likeness (QED) is 0.711.